The van der Waals surface area contributed by atoms with Gasteiger partial charge in [-0.3, -0.25) is 14.5 Å². The van der Waals surface area contributed by atoms with Crippen LogP contribution in [0.1, 0.15) is 55.7 Å². The van der Waals surface area contributed by atoms with Crippen LogP contribution in [-0.2, 0) is 20.9 Å². The largest absolute Gasteiger partial charge is 0.496 e. The van der Waals surface area contributed by atoms with E-state index in [-0.39, 0.29) is 17.9 Å². The number of imide groups is 1. The Labute approximate surface area is 160 Å². The van der Waals surface area contributed by atoms with E-state index in [4.69, 9.17) is 9.47 Å². The number of amides is 2. The standard InChI is InChI=1S/C21H28N2O4/c1-26-18-7-5-6-15-16(18)13-27-14-17(15)22-10-11-23-19(24)12-21(20(23)25)8-3-2-4-9-21/h5-7,17,22H,2-4,8-14H2,1H3. The van der Waals surface area contributed by atoms with Gasteiger partial charge in [-0.2, -0.15) is 0 Å². The third kappa shape index (κ3) is 3.36. The maximum Gasteiger partial charge on any atom is 0.235 e. The SMILES string of the molecule is COc1cccc2c1COCC2NCCN1C(=O)CC2(CCCCC2)C1=O. The Morgan fingerprint density at radius 3 is 2.85 bits per heavy atom. The number of fused-ring (bicyclic) bond motifs is 1. The molecule has 1 atom stereocenters. The maximum atomic E-state index is 12.9. The van der Waals surface area contributed by atoms with Crippen LogP contribution in [0.3, 0.4) is 0 Å². The molecule has 4 rings (SSSR count). The fourth-order valence-corrected chi connectivity index (χ4v) is 4.85. The van der Waals surface area contributed by atoms with E-state index >= 15 is 0 Å². The number of likely N-dealkylation sites (tertiary alicyclic amines) is 1. The zero-order valence-electron chi connectivity index (χ0n) is 16.0. The summed E-state index contributed by atoms with van der Waals surface area (Å²) in [6, 6.07) is 6.05. The molecule has 1 N–H and O–H groups in total. The lowest BCUT2D eigenvalue weighted by Crippen LogP contribution is -2.41. The Morgan fingerprint density at radius 2 is 2.07 bits per heavy atom. The van der Waals surface area contributed by atoms with Crippen LogP contribution in [0.15, 0.2) is 18.2 Å². The van der Waals surface area contributed by atoms with Gasteiger partial charge in [-0.15, -0.1) is 0 Å². The monoisotopic (exact) mass is 372 g/mol. The third-order valence-corrected chi connectivity index (χ3v) is 6.32. The van der Waals surface area contributed by atoms with Crippen molar-refractivity contribution in [2.24, 2.45) is 5.41 Å². The van der Waals surface area contributed by atoms with Crippen molar-refractivity contribution in [3.05, 3.63) is 29.3 Å². The van der Waals surface area contributed by atoms with Crippen molar-refractivity contribution in [1.29, 1.82) is 0 Å². The molecule has 146 valence electrons. The second-order valence-electron chi connectivity index (χ2n) is 7.92. The molecule has 6 nitrogen and oxygen atoms in total. The number of benzene rings is 1. The number of rotatable bonds is 5. The average molecular weight is 372 g/mol. The van der Waals surface area contributed by atoms with Crippen LogP contribution in [0.4, 0.5) is 0 Å². The first-order chi connectivity index (χ1) is 13.1. The van der Waals surface area contributed by atoms with Crippen LogP contribution < -0.4 is 10.1 Å². The summed E-state index contributed by atoms with van der Waals surface area (Å²) in [6.45, 7) is 2.11. The Morgan fingerprint density at radius 1 is 1.26 bits per heavy atom. The highest BCUT2D eigenvalue weighted by molar-refractivity contribution is 6.05. The van der Waals surface area contributed by atoms with E-state index in [1.54, 1.807) is 7.11 Å². The van der Waals surface area contributed by atoms with Crippen molar-refractivity contribution >= 4 is 11.8 Å². The lowest BCUT2D eigenvalue weighted by Gasteiger charge is -2.31. The van der Waals surface area contributed by atoms with E-state index in [0.29, 0.717) is 32.7 Å². The van der Waals surface area contributed by atoms with E-state index in [0.717, 1.165) is 37.0 Å². The summed E-state index contributed by atoms with van der Waals surface area (Å²) in [6.07, 6.45) is 5.43. The molecule has 1 aromatic carbocycles. The highest BCUT2D eigenvalue weighted by Gasteiger charge is 2.51. The van der Waals surface area contributed by atoms with Gasteiger partial charge in [0.2, 0.25) is 11.8 Å². The highest BCUT2D eigenvalue weighted by atomic mass is 16.5. The van der Waals surface area contributed by atoms with Crippen molar-refractivity contribution in [2.75, 3.05) is 26.8 Å². The molecule has 1 aliphatic carbocycles. The first-order valence-electron chi connectivity index (χ1n) is 9.96. The molecule has 1 unspecified atom stereocenters. The van der Waals surface area contributed by atoms with Gasteiger partial charge in [-0.25, -0.2) is 0 Å². The summed E-state index contributed by atoms with van der Waals surface area (Å²) in [5.41, 5.74) is 1.84. The first kappa shape index (κ1) is 18.4. The van der Waals surface area contributed by atoms with Crippen LogP contribution >= 0.6 is 0 Å². The molecule has 2 amide bonds. The number of nitrogens with one attached hydrogen (secondary N) is 1. The molecule has 2 heterocycles. The van der Waals surface area contributed by atoms with Gasteiger partial charge in [0, 0.05) is 25.1 Å². The van der Waals surface area contributed by atoms with Crippen molar-refractivity contribution in [2.45, 2.75) is 51.2 Å². The molecule has 2 aliphatic heterocycles. The zero-order chi connectivity index (χ0) is 18.9. The normalized spacial score (nSPS) is 24.3. The van der Waals surface area contributed by atoms with E-state index in [1.165, 1.54) is 16.9 Å². The molecule has 27 heavy (non-hydrogen) atoms. The van der Waals surface area contributed by atoms with E-state index in [1.807, 2.05) is 12.1 Å². The second-order valence-corrected chi connectivity index (χ2v) is 7.92. The number of carbonyl (C=O) groups excluding carboxylic acids is 2. The lowest BCUT2D eigenvalue weighted by molar-refractivity contribution is -0.142. The Hall–Kier alpha value is -1.92. The molecular formula is C21H28N2O4. The van der Waals surface area contributed by atoms with E-state index in [2.05, 4.69) is 11.4 Å². The molecule has 1 spiro atoms. The van der Waals surface area contributed by atoms with Gasteiger partial charge < -0.3 is 14.8 Å². The topological polar surface area (TPSA) is 67.9 Å². The predicted octanol–water partition coefficient (Wildman–Crippen LogP) is 2.57. The van der Waals surface area contributed by atoms with Gasteiger partial charge in [0.1, 0.15) is 5.75 Å². The number of methoxy groups -OCH3 is 1. The highest BCUT2D eigenvalue weighted by Crippen LogP contribution is 2.45. The van der Waals surface area contributed by atoms with Crippen molar-refractivity contribution < 1.29 is 19.1 Å². The third-order valence-electron chi connectivity index (χ3n) is 6.32. The van der Waals surface area contributed by atoms with Crippen LogP contribution in [0.2, 0.25) is 0 Å². The second kappa shape index (κ2) is 7.60. The molecular weight excluding hydrogens is 344 g/mol. The minimum absolute atomic E-state index is 0.00864. The molecule has 1 saturated carbocycles. The summed E-state index contributed by atoms with van der Waals surface area (Å²) in [4.78, 5) is 26.8. The predicted molar refractivity (Wildman–Crippen MR) is 100 cm³/mol. The Balaban J connectivity index is 1.38. The van der Waals surface area contributed by atoms with Gasteiger partial charge >= 0.3 is 0 Å². The number of ether oxygens (including phenoxy) is 2. The molecule has 0 aromatic heterocycles. The minimum atomic E-state index is -0.400. The molecule has 0 radical (unpaired) electrons. The minimum Gasteiger partial charge on any atom is -0.496 e. The van der Waals surface area contributed by atoms with Gasteiger partial charge in [-0.1, -0.05) is 31.4 Å². The number of hydrogen-bond acceptors (Lipinski definition) is 5. The van der Waals surface area contributed by atoms with Crippen LogP contribution in [0.5, 0.6) is 5.75 Å². The summed E-state index contributed by atoms with van der Waals surface area (Å²) in [5.74, 6) is 0.879. The molecule has 6 heteroatoms. The first-order valence-corrected chi connectivity index (χ1v) is 9.96. The Bertz CT molecular complexity index is 727. The van der Waals surface area contributed by atoms with Gasteiger partial charge in [0.25, 0.3) is 0 Å². The van der Waals surface area contributed by atoms with Crippen molar-refractivity contribution in [1.82, 2.24) is 10.2 Å². The van der Waals surface area contributed by atoms with Crippen LogP contribution in [0, 0.1) is 5.41 Å². The summed E-state index contributed by atoms with van der Waals surface area (Å²) >= 11 is 0. The lowest BCUT2D eigenvalue weighted by atomic mass is 9.73. The van der Waals surface area contributed by atoms with E-state index in [9.17, 15) is 9.59 Å². The Kier molecular flexibility index (Phi) is 5.19. The zero-order valence-corrected chi connectivity index (χ0v) is 16.0. The van der Waals surface area contributed by atoms with Crippen molar-refractivity contribution in [3.63, 3.8) is 0 Å². The summed E-state index contributed by atoms with van der Waals surface area (Å²) in [7, 11) is 1.67. The number of nitrogens with zero attached hydrogens (tertiary/aromatic N) is 1. The number of carbonyl (C=O) groups is 2. The summed E-state index contributed by atoms with van der Waals surface area (Å²) in [5, 5.41) is 3.46. The van der Waals surface area contributed by atoms with Gasteiger partial charge in [0.15, 0.2) is 0 Å². The molecule has 2 fully saturated rings. The van der Waals surface area contributed by atoms with Crippen LogP contribution in [0.25, 0.3) is 0 Å². The molecule has 3 aliphatic rings. The van der Waals surface area contributed by atoms with Gasteiger partial charge in [0.05, 0.1) is 31.8 Å². The smallest absolute Gasteiger partial charge is 0.235 e. The average Bonchev–Trinajstić information content (AvgIpc) is 2.92. The summed E-state index contributed by atoms with van der Waals surface area (Å²) < 4.78 is 11.1. The maximum absolute atomic E-state index is 12.9. The fraction of sp³-hybridized carbons (Fsp3) is 0.619. The molecule has 1 saturated heterocycles. The van der Waals surface area contributed by atoms with Crippen LogP contribution in [-0.4, -0.2) is 43.5 Å². The van der Waals surface area contributed by atoms with E-state index < -0.39 is 5.41 Å². The number of hydrogen-bond donors (Lipinski definition) is 1. The quantitative estimate of drug-likeness (QED) is 0.805. The van der Waals surface area contributed by atoms with Crippen molar-refractivity contribution in [3.8, 4) is 5.75 Å². The molecule has 1 aromatic rings. The molecule has 0 bridgehead atoms. The fourth-order valence-electron chi connectivity index (χ4n) is 4.85. The van der Waals surface area contributed by atoms with Gasteiger partial charge in [-0.05, 0) is 24.5 Å².